The number of nitrogens with zero attached hydrogens (tertiary/aromatic N) is 3. The van der Waals surface area contributed by atoms with Gasteiger partial charge in [-0.25, -0.2) is 14.8 Å². The standard InChI is InChI=1S/C33H38N5O4/c1-36(32(40)26-13-10-14-28(23-26)35-31(39)24-34-27-17-18-27)21-22-42-33(41)38(37-19-8-3-9-20-37)30-16-7-6-15-29(30)25-11-4-2-5-12-25/h2-7,10-16,23,27,34H,8-9,17-22,24H2,1H3,(H,35,39). The first-order valence-electron chi connectivity index (χ1n) is 14.6. The fraction of sp³-hybridized carbons (Fsp3) is 0.333. The lowest BCUT2D eigenvalue weighted by Gasteiger charge is -2.37. The predicted octanol–water partition coefficient (Wildman–Crippen LogP) is 4.97. The number of rotatable bonds is 11. The van der Waals surface area contributed by atoms with Gasteiger partial charge in [0, 0.05) is 43.0 Å². The van der Waals surface area contributed by atoms with Gasteiger partial charge in [0.05, 0.1) is 18.8 Å². The summed E-state index contributed by atoms with van der Waals surface area (Å²) in [5, 5.41) is 9.68. The molecule has 219 valence electrons. The zero-order valence-corrected chi connectivity index (χ0v) is 24.0. The zero-order chi connectivity index (χ0) is 29.3. The van der Waals surface area contributed by atoms with E-state index in [1.54, 1.807) is 36.3 Å². The van der Waals surface area contributed by atoms with Crippen LogP contribution >= 0.6 is 0 Å². The van der Waals surface area contributed by atoms with E-state index >= 15 is 0 Å². The van der Waals surface area contributed by atoms with Crippen LogP contribution in [0.25, 0.3) is 11.1 Å². The Balaban J connectivity index is 1.21. The number of anilines is 2. The van der Waals surface area contributed by atoms with Crippen LogP contribution < -0.4 is 15.6 Å². The summed E-state index contributed by atoms with van der Waals surface area (Å²) < 4.78 is 5.76. The first-order valence-corrected chi connectivity index (χ1v) is 14.6. The zero-order valence-electron chi connectivity index (χ0n) is 24.0. The Hall–Kier alpha value is -4.21. The molecule has 0 bridgehead atoms. The fourth-order valence-electron chi connectivity index (χ4n) is 4.94. The van der Waals surface area contributed by atoms with Crippen molar-refractivity contribution in [2.75, 3.05) is 50.2 Å². The molecule has 0 unspecified atom stereocenters. The highest BCUT2D eigenvalue weighted by Crippen LogP contribution is 2.33. The van der Waals surface area contributed by atoms with Crippen LogP contribution in [0.2, 0.25) is 0 Å². The van der Waals surface area contributed by atoms with E-state index in [0.717, 1.165) is 42.5 Å². The monoisotopic (exact) mass is 568 g/mol. The first kappa shape index (κ1) is 29.3. The summed E-state index contributed by atoms with van der Waals surface area (Å²) in [7, 11) is 1.67. The van der Waals surface area contributed by atoms with Gasteiger partial charge < -0.3 is 20.3 Å². The van der Waals surface area contributed by atoms with Crippen molar-refractivity contribution in [3.8, 4) is 11.1 Å². The van der Waals surface area contributed by atoms with Crippen LogP contribution in [0.3, 0.4) is 0 Å². The number of amides is 3. The Bertz CT molecular complexity index is 1370. The highest BCUT2D eigenvalue weighted by atomic mass is 16.6. The molecule has 1 aliphatic heterocycles. The quantitative estimate of drug-likeness (QED) is 0.339. The number of piperidine rings is 1. The Morgan fingerprint density at radius 2 is 1.67 bits per heavy atom. The van der Waals surface area contributed by atoms with Crippen molar-refractivity contribution in [3.63, 3.8) is 0 Å². The second kappa shape index (κ2) is 14.1. The maximum absolute atomic E-state index is 13.6. The summed E-state index contributed by atoms with van der Waals surface area (Å²) in [6.07, 6.45) is 5.72. The molecule has 3 aromatic carbocycles. The third-order valence-corrected chi connectivity index (χ3v) is 7.38. The van der Waals surface area contributed by atoms with E-state index in [1.165, 1.54) is 4.90 Å². The Labute approximate surface area is 247 Å². The van der Waals surface area contributed by atoms with Crippen LogP contribution in [-0.2, 0) is 9.53 Å². The van der Waals surface area contributed by atoms with Crippen molar-refractivity contribution in [2.45, 2.75) is 31.7 Å². The lowest BCUT2D eigenvalue weighted by molar-refractivity contribution is -0.115. The molecule has 2 fully saturated rings. The Kier molecular flexibility index (Phi) is 9.84. The minimum atomic E-state index is -0.481. The minimum Gasteiger partial charge on any atom is -0.446 e. The minimum absolute atomic E-state index is 0.0360. The molecule has 2 N–H and O–H groups in total. The van der Waals surface area contributed by atoms with Gasteiger partial charge >= 0.3 is 6.09 Å². The maximum Gasteiger partial charge on any atom is 0.429 e. The third kappa shape index (κ3) is 7.74. The number of carbonyl (C=O) groups is 3. The number of ether oxygens (including phenoxy) is 1. The molecule has 9 nitrogen and oxygen atoms in total. The topological polar surface area (TPSA) is 94.2 Å². The van der Waals surface area contributed by atoms with Gasteiger partial charge in [-0.2, -0.15) is 0 Å². The second-order valence-corrected chi connectivity index (χ2v) is 10.6. The Morgan fingerprint density at radius 1 is 0.929 bits per heavy atom. The molecule has 1 aliphatic carbocycles. The van der Waals surface area contributed by atoms with Gasteiger partial charge in [-0.3, -0.25) is 9.59 Å². The molecular formula is C33H38N5O4. The molecule has 0 spiro atoms. The number of benzene rings is 3. The fourth-order valence-corrected chi connectivity index (χ4v) is 4.94. The first-order chi connectivity index (χ1) is 20.5. The summed E-state index contributed by atoms with van der Waals surface area (Å²) in [6.45, 7) is 1.92. The SMILES string of the molecule is CN(CCOC(=O)N(c1ccccc1-c1ccccc1)N1CC[CH]CC1)C(=O)c1cccc(NC(=O)CNC2CC2)c1. The van der Waals surface area contributed by atoms with Crippen LogP contribution in [0.1, 0.15) is 36.0 Å². The molecule has 1 radical (unpaired) electrons. The van der Waals surface area contributed by atoms with Crippen molar-refractivity contribution in [1.82, 2.24) is 15.2 Å². The molecule has 3 aromatic rings. The number of likely N-dealkylation sites (N-methyl/N-ethyl adjacent to an activating group) is 1. The summed E-state index contributed by atoms with van der Waals surface area (Å²) in [5.41, 5.74) is 3.71. The van der Waals surface area contributed by atoms with Crippen molar-refractivity contribution in [3.05, 3.63) is 90.8 Å². The van der Waals surface area contributed by atoms with Gasteiger partial charge in [0.2, 0.25) is 5.91 Å². The average molecular weight is 569 g/mol. The molecular weight excluding hydrogens is 530 g/mol. The second-order valence-electron chi connectivity index (χ2n) is 10.6. The lowest BCUT2D eigenvalue weighted by Crippen LogP contribution is -2.50. The van der Waals surface area contributed by atoms with E-state index in [0.29, 0.717) is 30.4 Å². The van der Waals surface area contributed by atoms with Crippen LogP contribution in [-0.4, -0.2) is 73.7 Å². The number of para-hydroxylation sites is 1. The largest absolute Gasteiger partial charge is 0.446 e. The number of hydrogen-bond acceptors (Lipinski definition) is 6. The van der Waals surface area contributed by atoms with Gasteiger partial charge in [-0.15, -0.1) is 0 Å². The highest BCUT2D eigenvalue weighted by Gasteiger charge is 2.28. The van der Waals surface area contributed by atoms with Crippen LogP contribution in [0.5, 0.6) is 0 Å². The van der Waals surface area contributed by atoms with Gasteiger partial charge in [0.1, 0.15) is 6.61 Å². The molecule has 1 heterocycles. The summed E-state index contributed by atoms with van der Waals surface area (Å²) in [6, 6.07) is 25.1. The lowest BCUT2D eigenvalue weighted by atomic mass is 10.0. The summed E-state index contributed by atoms with van der Waals surface area (Å²) in [4.78, 5) is 40.4. The highest BCUT2D eigenvalue weighted by molar-refractivity contribution is 5.97. The molecule has 42 heavy (non-hydrogen) atoms. The van der Waals surface area contributed by atoms with Gasteiger partial charge in [0.25, 0.3) is 5.91 Å². The van der Waals surface area contributed by atoms with Gasteiger partial charge in [-0.05, 0) is 61.9 Å². The smallest absolute Gasteiger partial charge is 0.429 e. The van der Waals surface area contributed by atoms with Gasteiger partial charge in [0.15, 0.2) is 0 Å². The van der Waals surface area contributed by atoms with E-state index in [9.17, 15) is 14.4 Å². The molecule has 1 saturated carbocycles. The molecule has 2 aliphatic rings. The van der Waals surface area contributed by atoms with Crippen molar-refractivity contribution < 1.29 is 19.1 Å². The van der Waals surface area contributed by atoms with Crippen LogP contribution in [0, 0.1) is 6.42 Å². The molecule has 3 amide bonds. The summed E-state index contributed by atoms with van der Waals surface area (Å²) in [5.74, 6) is -0.368. The molecule has 9 heteroatoms. The summed E-state index contributed by atoms with van der Waals surface area (Å²) >= 11 is 0. The normalized spacial score (nSPS) is 15.1. The number of nitrogens with one attached hydrogen (secondary N) is 2. The Morgan fingerprint density at radius 3 is 2.43 bits per heavy atom. The third-order valence-electron chi connectivity index (χ3n) is 7.38. The van der Waals surface area contributed by atoms with E-state index in [4.69, 9.17) is 4.74 Å². The number of carbonyl (C=O) groups excluding carboxylic acids is 3. The average Bonchev–Trinajstić information content (AvgIpc) is 3.86. The van der Waals surface area contributed by atoms with E-state index < -0.39 is 6.09 Å². The molecule has 0 aromatic heterocycles. The van der Waals surface area contributed by atoms with Crippen LogP contribution in [0.4, 0.5) is 16.2 Å². The van der Waals surface area contributed by atoms with Crippen molar-refractivity contribution in [2.24, 2.45) is 0 Å². The molecule has 5 rings (SSSR count). The molecule has 1 saturated heterocycles. The van der Waals surface area contributed by atoms with Crippen molar-refractivity contribution in [1.29, 1.82) is 0 Å². The van der Waals surface area contributed by atoms with E-state index in [-0.39, 0.29) is 31.5 Å². The number of hydrazine groups is 1. The van der Waals surface area contributed by atoms with E-state index in [1.807, 2.05) is 59.6 Å². The van der Waals surface area contributed by atoms with E-state index in [2.05, 4.69) is 17.1 Å². The van der Waals surface area contributed by atoms with Gasteiger partial charge in [-0.1, -0.05) is 54.6 Å². The number of hydrogen-bond donors (Lipinski definition) is 2. The van der Waals surface area contributed by atoms with Crippen molar-refractivity contribution >= 4 is 29.3 Å². The van der Waals surface area contributed by atoms with Crippen LogP contribution in [0.15, 0.2) is 78.9 Å². The predicted molar refractivity (Wildman–Crippen MR) is 164 cm³/mol. The molecule has 0 atom stereocenters. The maximum atomic E-state index is 13.6.